The molecule has 1 aliphatic rings. The van der Waals surface area contributed by atoms with Crippen molar-refractivity contribution in [2.24, 2.45) is 15.3 Å². The van der Waals surface area contributed by atoms with Crippen LogP contribution in [-0.2, 0) is 4.79 Å². The molecule has 0 radical (unpaired) electrons. The van der Waals surface area contributed by atoms with Gasteiger partial charge in [0.2, 0.25) is 5.13 Å². The lowest BCUT2D eigenvalue weighted by molar-refractivity contribution is -0.117. The second kappa shape index (κ2) is 8.04. The number of hydrazone groups is 1. The number of amides is 1. The third-order valence-electron chi connectivity index (χ3n) is 4.76. The average molecular weight is 427 g/mol. The van der Waals surface area contributed by atoms with E-state index in [0.717, 1.165) is 22.5 Å². The Morgan fingerprint density at radius 2 is 1.74 bits per heavy atom. The first-order valence-electron chi connectivity index (χ1n) is 9.61. The Kier molecular flexibility index (Phi) is 4.93. The lowest BCUT2D eigenvalue weighted by atomic mass is 10.2. The Bertz CT molecular complexity index is 1280. The molecule has 0 saturated heterocycles. The maximum absolute atomic E-state index is 12.9. The highest BCUT2D eigenvalue weighted by Crippen LogP contribution is 2.30. The van der Waals surface area contributed by atoms with E-state index < -0.39 is 6.04 Å². The number of aromatic amines is 1. The zero-order valence-electron chi connectivity index (χ0n) is 16.5. The van der Waals surface area contributed by atoms with Gasteiger partial charge in [0.15, 0.2) is 11.9 Å². The molecule has 1 aliphatic heterocycles. The van der Waals surface area contributed by atoms with E-state index in [1.807, 2.05) is 66.0 Å². The minimum absolute atomic E-state index is 0.283. The van der Waals surface area contributed by atoms with Crippen LogP contribution in [0.5, 0.6) is 0 Å². The van der Waals surface area contributed by atoms with Crippen LogP contribution in [0.25, 0.3) is 22.5 Å². The summed E-state index contributed by atoms with van der Waals surface area (Å²) in [6, 6.07) is 20.6. The van der Waals surface area contributed by atoms with Crippen LogP contribution >= 0.6 is 11.3 Å². The second-order valence-corrected chi connectivity index (χ2v) is 7.73. The van der Waals surface area contributed by atoms with Gasteiger partial charge in [-0.2, -0.15) is 20.3 Å². The molecule has 1 N–H and O–H groups in total. The Balaban J connectivity index is 1.32. The minimum Gasteiger partial charge on any atom is -0.276 e. The van der Waals surface area contributed by atoms with E-state index >= 15 is 0 Å². The normalized spacial score (nSPS) is 16.3. The number of aromatic nitrogens is 3. The summed E-state index contributed by atoms with van der Waals surface area (Å²) in [7, 11) is 0. The Morgan fingerprint density at radius 1 is 1.03 bits per heavy atom. The molecule has 4 aromatic rings. The highest BCUT2D eigenvalue weighted by molar-refractivity contribution is 7.14. The van der Waals surface area contributed by atoms with Crippen molar-refractivity contribution in [1.82, 2.24) is 15.2 Å². The summed E-state index contributed by atoms with van der Waals surface area (Å²) in [6.45, 7) is 1.76. The van der Waals surface area contributed by atoms with Gasteiger partial charge < -0.3 is 0 Å². The van der Waals surface area contributed by atoms with E-state index in [4.69, 9.17) is 0 Å². The molecule has 0 unspecified atom stereocenters. The van der Waals surface area contributed by atoms with Crippen molar-refractivity contribution in [3.05, 3.63) is 72.1 Å². The molecule has 0 saturated carbocycles. The number of nitrogens with zero attached hydrogens (tertiary/aromatic N) is 6. The smallest absolute Gasteiger partial charge is 0.276 e. The zero-order valence-corrected chi connectivity index (χ0v) is 17.3. The van der Waals surface area contributed by atoms with E-state index in [1.165, 1.54) is 16.3 Å². The van der Waals surface area contributed by atoms with Gasteiger partial charge in [-0.25, -0.2) is 4.98 Å². The molecule has 0 spiro atoms. The van der Waals surface area contributed by atoms with Crippen LogP contribution in [-0.4, -0.2) is 32.8 Å². The van der Waals surface area contributed by atoms with E-state index in [9.17, 15) is 4.79 Å². The molecular weight excluding hydrogens is 410 g/mol. The lowest BCUT2D eigenvalue weighted by Crippen LogP contribution is -2.29. The summed E-state index contributed by atoms with van der Waals surface area (Å²) in [5, 5.41) is 23.5. The monoisotopic (exact) mass is 427 g/mol. The fraction of sp³-hybridized carbons (Fsp3) is 0.0909. The maximum atomic E-state index is 12.9. The van der Waals surface area contributed by atoms with Crippen molar-refractivity contribution in [3.63, 3.8) is 0 Å². The van der Waals surface area contributed by atoms with Gasteiger partial charge >= 0.3 is 0 Å². The van der Waals surface area contributed by atoms with Gasteiger partial charge in [0.25, 0.3) is 5.91 Å². The summed E-state index contributed by atoms with van der Waals surface area (Å²) in [5.41, 5.74) is 4.17. The first-order valence-corrected chi connectivity index (χ1v) is 10.5. The standard InChI is InChI=1S/C22H17N7OS/c1-14-20(27-26-19-12-17(24-25-19)15-8-4-2-5-9-15)21(30)29(28-14)22-23-18(13-31-22)16-10-6-3-7-11-16/h2-13,20H,1H3,(H,24,25)/t20-/m1/s1. The van der Waals surface area contributed by atoms with Crippen molar-refractivity contribution in [3.8, 4) is 22.5 Å². The van der Waals surface area contributed by atoms with Crippen LogP contribution in [0, 0.1) is 0 Å². The first-order chi connectivity index (χ1) is 15.2. The predicted molar refractivity (Wildman–Crippen MR) is 120 cm³/mol. The number of hydrogen-bond acceptors (Lipinski definition) is 7. The van der Waals surface area contributed by atoms with Gasteiger partial charge in [-0.1, -0.05) is 60.7 Å². The first kappa shape index (κ1) is 19.0. The highest BCUT2D eigenvalue weighted by Gasteiger charge is 2.36. The number of hydrogen-bond donors (Lipinski definition) is 1. The molecule has 0 fully saturated rings. The number of H-pyrrole nitrogens is 1. The fourth-order valence-electron chi connectivity index (χ4n) is 3.17. The molecular formula is C22H17N7OS. The number of rotatable bonds is 5. The molecule has 3 heterocycles. The number of carbonyl (C=O) groups is 1. The van der Waals surface area contributed by atoms with Crippen LogP contribution < -0.4 is 5.01 Å². The fourth-order valence-corrected chi connectivity index (χ4v) is 3.96. The second-order valence-electron chi connectivity index (χ2n) is 6.90. The maximum Gasteiger partial charge on any atom is 0.282 e. The summed E-state index contributed by atoms with van der Waals surface area (Å²) in [5.74, 6) is 0.118. The minimum atomic E-state index is -0.791. The van der Waals surface area contributed by atoms with Crippen molar-refractivity contribution in [1.29, 1.82) is 0 Å². The molecule has 5 rings (SSSR count). The van der Waals surface area contributed by atoms with Crippen LogP contribution in [0.4, 0.5) is 10.9 Å². The molecule has 1 atom stereocenters. The third-order valence-corrected chi connectivity index (χ3v) is 5.58. The number of azo groups is 1. The molecule has 31 heavy (non-hydrogen) atoms. The lowest BCUT2D eigenvalue weighted by Gasteiger charge is -2.07. The number of anilines is 1. The number of carbonyl (C=O) groups excluding carboxylic acids is 1. The zero-order chi connectivity index (χ0) is 21.2. The number of nitrogens with one attached hydrogen (secondary N) is 1. The summed E-state index contributed by atoms with van der Waals surface area (Å²) >= 11 is 1.36. The average Bonchev–Trinajstić information content (AvgIpc) is 3.54. The SMILES string of the molecule is CC1=NN(c2nc(-c3ccccc3)cs2)C(=O)[C@@H]1N=Nc1cc(-c2ccccc2)[nH]n1. The molecule has 2 aromatic carbocycles. The molecule has 8 nitrogen and oxygen atoms in total. The summed E-state index contributed by atoms with van der Waals surface area (Å²) in [4.78, 5) is 17.5. The predicted octanol–water partition coefficient (Wildman–Crippen LogP) is 5.08. The van der Waals surface area contributed by atoms with Gasteiger partial charge in [0, 0.05) is 17.0 Å². The molecule has 9 heteroatoms. The van der Waals surface area contributed by atoms with E-state index in [0.29, 0.717) is 16.7 Å². The Morgan fingerprint density at radius 3 is 2.48 bits per heavy atom. The molecule has 1 amide bonds. The topological polar surface area (TPSA) is 99.0 Å². The quantitative estimate of drug-likeness (QED) is 0.450. The van der Waals surface area contributed by atoms with Crippen molar-refractivity contribution >= 4 is 33.9 Å². The Labute approximate surface area is 182 Å². The summed E-state index contributed by atoms with van der Waals surface area (Å²) < 4.78 is 0. The van der Waals surface area contributed by atoms with Gasteiger partial charge in [0.05, 0.1) is 17.1 Å². The van der Waals surface area contributed by atoms with Gasteiger partial charge in [-0.15, -0.1) is 16.5 Å². The van der Waals surface area contributed by atoms with Crippen LogP contribution in [0.15, 0.2) is 87.4 Å². The van der Waals surface area contributed by atoms with Crippen LogP contribution in [0.1, 0.15) is 6.92 Å². The molecule has 2 aromatic heterocycles. The van der Waals surface area contributed by atoms with Crippen LogP contribution in [0.3, 0.4) is 0 Å². The molecule has 0 bridgehead atoms. The van der Waals surface area contributed by atoms with E-state index in [-0.39, 0.29) is 5.91 Å². The number of thiazole rings is 1. The largest absolute Gasteiger partial charge is 0.282 e. The van der Waals surface area contributed by atoms with Gasteiger partial charge in [-0.05, 0) is 12.5 Å². The summed E-state index contributed by atoms with van der Waals surface area (Å²) in [6.07, 6.45) is 0. The van der Waals surface area contributed by atoms with E-state index in [1.54, 1.807) is 13.0 Å². The van der Waals surface area contributed by atoms with Gasteiger partial charge in [-0.3, -0.25) is 9.89 Å². The van der Waals surface area contributed by atoms with Crippen molar-refractivity contribution < 1.29 is 4.79 Å². The van der Waals surface area contributed by atoms with Crippen molar-refractivity contribution in [2.45, 2.75) is 13.0 Å². The van der Waals surface area contributed by atoms with Crippen molar-refractivity contribution in [2.75, 3.05) is 5.01 Å². The Hall–Kier alpha value is -3.98. The number of benzene rings is 2. The van der Waals surface area contributed by atoms with Crippen LogP contribution in [0.2, 0.25) is 0 Å². The van der Waals surface area contributed by atoms with E-state index in [2.05, 4.69) is 30.5 Å². The highest BCUT2D eigenvalue weighted by atomic mass is 32.1. The molecule has 0 aliphatic carbocycles. The third kappa shape index (κ3) is 3.78. The van der Waals surface area contributed by atoms with Gasteiger partial charge in [0.1, 0.15) is 0 Å². The molecule has 152 valence electrons.